The molecule has 11 heteroatoms. The van der Waals surface area contributed by atoms with Crippen molar-refractivity contribution < 1.29 is 32.9 Å². The number of carbonyl (C=O) groups is 1. The van der Waals surface area contributed by atoms with Gasteiger partial charge in [-0.05, 0) is 26.8 Å². The minimum Gasteiger partial charge on any atom is -0.429 e. The lowest BCUT2D eigenvalue weighted by molar-refractivity contribution is -0.149. The van der Waals surface area contributed by atoms with Gasteiger partial charge >= 0.3 is 17.8 Å². The van der Waals surface area contributed by atoms with Gasteiger partial charge in [-0.3, -0.25) is 4.57 Å². The quantitative estimate of drug-likeness (QED) is 0.751. The van der Waals surface area contributed by atoms with Crippen LogP contribution in [0.5, 0.6) is 0 Å². The second-order valence-electron chi connectivity index (χ2n) is 6.43. The molecule has 25 heavy (non-hydrogen) atoms. The van der Waals surface area contributed by atoms with Crippen molar-refractivity contribution in [3.63, 3.8) is 0 Å². The first-order chi connectivity index (χ1) is 11.5. The molecule has 9 nitrogen and oxygen atoms in total. The summed E-state index contributed by atoms with van der Waals surface area (Å²) in [5, 5.41) is 9.28. The number of hydrogen-bond acceptors (Lipinski definition) is 8. The lowest BCUT2D eigenvalue weighted by Crippen LogP contribution is -2.45. The summed E-state index contributed by atoms with van der Waals surface area (Å²) < 4.78 is 44.4. The Morgan fingerprint density at radius 2 is 2.16 bits per heavy atom. The van der Waals surface area contributed by atoms with Gasteiger partial charge in [0.2, 0.25) is 12.3 Å². The van der Waals surface area contributed by atoms with Crippen molar-refractivity contribution in [2.75, 3.05) is 12.3 Å². The van der Waals surface area contributed by atoms with E-state index in [0.717, 1.165) is 12.3 Å². The Labute approximate surface area is 141 Å². The number of hydrogen-bond donors (Lipinski definition) is 2. The van der Waals surface area contributed by atoms with Gasteiger partial charge in [0.1, 0.15) is 17.5 Å². The molecule has 2 rings (SSSR count). The number of nitrogens with zero attached hydrogens (tertiary/aromatic N) is 2. The van der Waals surface area contributed by atoms with Crippen molar-refractivity contribution in [2.45, 2.75) is 50.7 Å². The predicted molar refractivity (Wildman–Crippen MR) is 80.0 cm³/mol. The minimum absolute atomic E-state index is 0.150. The molecule has 0 bridgehead atoms. The van der Waals surface area contributed by atoms with Gasteiger partial charge in [-0.1, -0.05) is 0 Å². The molecule has 3 atom stereocenters. The van der Waals surface area contributed by atoms with Crippen LogP contribution < -0.4 is 11.4 Å². The largest absolute Gasteiger partial charge is 0.509 e. The predicted octanol–water partition coefficient (Wildman–Crippen LogP) is 0.671. The lowest BCUT2D eigenvalue weighted by atomic mass is 10.1. The maximum absolute atomic E-state index is 14.7. The lowest BCUT2D eigenvalue weighted by Gasteiger charge is -2.25. The zero-order chi connectivity index (χ0) is 19.0. The van der Waals surface area contributed by atoms with Gasteiger partial charge in [-0.25, -0.2) is 9.59 Å². The molecule has 2 heterocycles. The van der Waals surface area contributed by atoms with Crippen LogP contribution in [0.2, 0.25) is 0 Å². The number of rotatable bonds is 3. The van der Waals surface area contributed by atoms with Crippen LogP contribution in [0.15, 0.2) is 17.1 Å². The summed E-state index contributed by atoms with van der Waals surface area (Å²) in [6, 6.07) is 1.14. The summed E-state index contributed by atoms with van der Waals surface area (Å²) >= 11 is 0. The monoisotopic (exact) mass is 363 g/mol. The molecule has 0 radical (unpaired) electrons. The van der Waals surface area contributed by atoms with E-state index in [9.17, 15) is 23.5 Å². The number of nitrogens with two attached hydrogens (primary N) is 1. The smallest absolute Gasteiger partial charge is 0.429 e. The maximum Gasteiger partial charge on any atom is 0.509 e. The fourth-order valence-corrected chi connectivity index (χ4v) is 2.24. The van der Waals surface area contributed by atoms with Crippen LogP contribution in [-0.2, 0) is 14.2 Å². The Hall–Kier alpha value is -2.27. The molecule has 1 aliphatic rings. The van der Waals surface area contributed by atoms with E-state index < -0.39 is 48.4 Å². The Morgan fingerprint density at radius 1 is 1.52 bits per heavy atom. The van der Waals surface area contributed by atoms with E-state index in [1.165, 1.54) is 20.8 Å². The molecular formula is C14H19F2N3O6. The highest BCUT2D eigenvalue weighted by Crippen LogP contribution is 2.44. The number of nitrogen functional groups attached to an aromatic ring is 1. The number of alkyl halides is 2. The van der Waals surface area contributed by atoms with Crippen molar-refractivity contribution in [1.82, 2.24) is 9.55 Å². The van der Waals surface area contributed by atoms with Gasteiger partial charge in [0.25, 0.3) is 0 Å². The van der Waals surface area contributed by atoms with Gasteiger partial charge < -0.3 is 25.1 Å². The molecule has 0 amide bonds. The van der Waals surface area contributed by atoms with Crippen molar-refractivity contribution in [2.24, 2.45) is 0 Å². The highest BCUT2D eigenvalue weighted by Gasteiger charge is 2.62. The third kappa shape index (κ3) is 4.04. The fraction of sp³-hybridized carbons (Fsp3) is 0.643. The summed E-state index contributed by atoms with van der Waals surface area (Å²) in [6.07, 6.45) is -6.20. The number of aliphatic hydroxyl groups is 1. The van der Waals surface area contributed by atoms with Crippen LogP contribution in [0.25, 0.3) is 0 Å². The third-order valence-corrected chi connectivity index (χ3v) is 3.25. The molecule has 1 aromatic rings. The van der Waals surface area contributed by atoms with E-state index in [0.29, 0.717) is 4.57 Å². The molecule has 1 aliphatic heterocycles. The molecule has 1 fully saturated rings. The number of aromatic nitrogens is 2. The molecule has 3 N–H and O–H groups in total. The molecule has 1 saturated heterocycles. The topological polar surface area (TPSA) is 126 Å². The van der Waals surface area contributed by atoms with Gasteiger partial charge in [-0.2, -0.15) is 13.8 Å². The Kier molecular flexibility index (Phi) is 5.00. The summed E-state index contributed by atoms with van der Waals surface area (Å²) in [5.74, 6) is -3.98. The molecule has 1 aromatic heterocycles. The van der Waals surface area contributed by atoms with E-state index in [-0.39, 0.29) is 5.82 Å². The Balaban J connectivity index is 2.29. The molecule has 140 valence electrons. The first-order valence-electron chi connectivity index (χ1n) is 7.34. The van der Waals surface area contributed by atoms with E-state index in [1.807, 2.05) is 0 Å². The normalized spacial score (nSPS) is 25.6. The number of carbonyl (C=O) groups excluding carboxylic acids is 1. The zero-order valence-corrected chi connectivity index (χ0v) is 13.8. The summed E-state index contributed by atoms with van der Waals surface area (Å²) in [4.78, 5) is 26.8. The summed E-state index contributed by atoms with van der Waals surface area (Å²) in [6.45, 7) is 3.73. The highest BCUT2D eigenvalue weighted by atomic mass is 19.3. The van der Waals surface area contributed by atoms with Crippen LogP contribution in [0.4, 0.5) is 19.4 Å². The van der Waals surface area contributed by atoms with Gasteiger partial charge in [-0.15, -0.1) is 0 Å². The van der Waals surface area contributed by atoms with Crippen LogP contribution in [0, 0.1) is 0 Å². The number of ether oxygens (including phenoxy) is 3. The SMILES string of the molecule is CC(C)(C)OC(=O)O[C@@H]1[C@H](CO)O[C@@H](n2ccc(N)nc2=O)C1(F)F. The highest BCUT2D eigenvalue weighted by molar-refractivity contribution is 5.61. The van der Waals surface area contributed by atoms with Crippen molar-refractivity contribution in [1.29, 1.82) is 0 Å². The molecule has 0 saturated carbocycles. The fourth-order valence-electron chi connectivity index (χ4n) is 2.24. The van der Waals surface area contributed by atoms with Crippen LogP contribution in [0.3, 0.4) is 0 Å². The Morgan fingerprint density at radius 3 is 2.68 bits per heavy atom. The van der Waals surface area contributed by atoms with Crippen molar-refractivity contribution in [3.8, 4) is 0 Å². The molecule has 0 aromatic carbocycles. The van der Waals surface area contributed by atoms with Crippen molar-refractivity contribution >= 4 is 12.0 Å². The number of halogens is 2. The Bertz CT molecular complexity index is 703. The van der Waals surface area contributed by atoms with Gasteiger partial charge in [0.15, 0.2) is 0 Å². The molecular weight excluding hydrogens is 344 g/mol. The van der Waals surface area contributed by atoms with E-state index in [1.54, 1.807) is 0 Å². The average Bonchev–Trinajstić information content (AvgIpc) is 2.69. The minimum atomic E-state index is -3.83. The van der Waals surface area contributed by atoms with E-state index >= 15 is 0 Å². The van der Waals surface area contributed by atoms with E-state index in [4.69, 9.17) is 15.2 Å². The third-order valence-electron chi connectivity index (χ3n) is 3.25. The maximum atomic E-state index is 14.7. The molecule has 0 spiro atoms. The van der Waals surface area contributed by atoms with Crippen LogP contribution in [0.1, 0.15) is 27.0 Å². The van der Waals surface area contributed by atoms with Gasteiger partial charge in [0.05, 0.1) is 6.61 Å². The standard InChI is InChI=1S/C14H19F2N3O6/c1-13(2,3)25-12(22)24-9-7(6-20)23-10(14(9,15)16)19-5-4-8(17)18-11(19)21/h4-5,7,9-10,20H,6H2,1-3H3,(H2,17,18,21)/t7-,9+,10+/m0/s1. The van der Waals surface area contributed by atoms with E-state index in [2.05, 4.69) is 9.72 Å². The van der Waals surface area contributed by atoms with Crippen LogP contribution >= 0.6 is 0 Å². The summed E-state index contributed by atoms with van der Waals surface area (Å²) in [7, 11) is 0. The number of anilines is 1. The second kappa shape index (κ2) is 6.56. The molecule has 0 unspecified atom stereocenters. The number of aliphatic hydroxyl groups excluding tert-OH is 1. The van der Waals surface area contributed by atoms with Gasteiger partial charge in [0, 0.05) is 6.20 Å². The first kappa shape index (κ1) is 19.1. The van der Waals surface area contributed by atoms with Crippen LogP contribution in [-0.4, -0.2) is 51.2 Å². The summed E-state index contributed by atoms with van der Waals surface area (Å²) in [5.41, 5.74) is 3.29. The van der Waals surface area contributed by atoms with Crippen molar-refractivity contribution in [3.05, 3.63) is 22.7 Å². The zero-order valence-electron chi connectivity index (χ0n) is 13.8. The average molecular weight is 363 g/mol. The second-order valence-corrected chi connectivity index (χ2v) is 6.43. The molecule has 0 aliphatic carbocycles. The first-order valence-corrected chi connectivity index (χ1v) is 7.34.